The minimum absolute atomic E-state index is 0.0786. The van der Waals surface area contributed by atoms with Crippen molar-refractivity contribution in [2.45, 2.75) is 86.7 Å². The van der Waals surface area contributed by atoms with Crippen LogP contribution in [0.4, 0.5) is 0 Å². The number of ether oxygens (including phenoxy) is 1. The van der Waals surface area contributed by atoms with Crippen molar-refractivity contribution in [2.24, 2.45) is 22.2 Å². The summed E-state index contributed by atoms with van der Waals surface area (Å²) < 4.78 is 6.33. The zero-order valence-corrected chi connectivity index (χ0v) is 14.7. The monoisotopic (exact) mass is 286 g/mol. The van der Waals surface area contributed by atoms with Crippen LogP contribution < -0.4 is 0 Å². The van der Waals surface area contributed by atoms with Crippen molar-refractivity contribution in [1.82, 2.24) is 0 Å². The summed E-state index contributed by atoms with van der Waals surface area (Å²) in [4.78, 5) is 0. The van der Waals surface area contributed by atoms with Gasteiger partial charge in [0.2, 0.25) is 0 Å². The first-order valence-electron chi connectivity index (χ1n) is 7.69. The first-order chi connectivity index (χ1) is 8.67. The molecule has 0 aliphatic carbocycles. The molecule has 1 rings (SSSR count). The summed E-state index contributed by atoms with van der Waals surface area (Å²) in [5, 5.41) is 21.2. The highest BCUT2D eigenvalue weighted by atomic mass is 16.5. The summed E-state index contributed by atoms with van der Waals surface area (Å²) in [7, 11) is 0. The molecule has 5 atom stereocenters. The number of aliphatic hydroxyl groups is 2. The van der Waals surface area contributed by atoms with Gasteiger partial charge in [-0.3, -0.25) is 0 Å². The Morgan fingerprint density at radius 1 is 0.600 bits per heavy atom. The van der Waals surface area contributed by atoms with Gasteiger partial charge < -0.3 is 14.9 Å². The lowest BCUT2D eigenvalue weighted by Crippen LogP contribution is -2.63. The van der Waals surface area contributed by atoms with Crippen molar-refractivity contribution in [3.8, 4) is 0 Å². The van der Waals surface area contributed by atoms with E-state index in [-0.39, 0.29) is 34.4 Å². The highest BCUT2D eigenvalue weighted by Gasteiger charge is 2.54. The Morgan fingerprint density at radius 2 is 1.00 bits per heavy atom. The molecule has 0 saturated carbocycles. The minimum Gasteiger partial charge on any atom is -0.390 e. The highest BCUT2D eigenvalue weighted by Crippen LogP contribution is 2.47. The standard InChI is InChI=1S/C17H34O3/c1-15(2,3)10-11(18)12(19)14(17(7,8)9)20-13(10)16(4,5)6/h10-14,18-19H,1-9H3/t10-,11-,12?,13?,14+/m0/s1. The molecule has 1 fully saturated rings. The van der Waals surface area contributed by atoms with Crippen LogP contribution in [-0.2, 0) is 4.74 Å². The van der Waals surface area contributed by atoms with Crippen molar-refractivity contribution in [3.05, 3.63) is 0 Å². The predicted octanol–water partition coefficient (Wildman–Crippen LogP) is 3.23. The molecule has 0 bridgehead atoms. The van der Waals surface area contributed by atoms with Gasteiger partial charge >= 0.3 is 0 Å². The summed E-state index contributed by atoms with van der Waals surface area (Å²) in [6.45, 7) is 18.9. The van der Waals surface area contributed by atoms with Crippen molar-refractivity contribution >= 4 is 0 Å². The number of aliphatic hydroxyl groups excluding tert-OH is 2. The average molecular weight is 286 g/mol. The molecule has 20 heavy (non-hydrogen) atoms. The Bertz CT molecular complexity index is 330. The third kappa shape index (κ3) is 3.55. The minimum atomic E-state index is -0.835. The molecule has 2 unspecified atom stereocenters. The van der Waals surface area contributed by atoms with Crippen molar-refractivity contribution < 1.29 is 14.9 Å². The molecule has 0 radical (unpaired) electrons. The van der Waals surface area contributed by atoms with Crippen LogP contribution in [0.1, 0.15) is 62.3 Å². The van der Waals surface area contributed by atoms with E-state index in [1.165, 1.54) is 0 Å². The Balaban J connectivity index is 3.22. The molecule has 3 nitrogen and oxygen atoms in total. The molecule has 0 spiro atoms. The zero-order chi connectivity index (χ0) is 16.1. The van der Waals surface area contributed by atoms with Gasteiger partial charge in [-0.1, -0.05) is 62.3 Å². The van der Waals surface area contributed by atoms with Crippen LogP contribution >= 0.6 is 0 Å². The van der Waals surface area contributed by atoms with Gasteiger partial charge in [-0.05, 0) is 16.2 Å². The Hall–Kier alpha value is -0.120. The zero-order valence-electron chi connectivity index (χ0n) is 14.7. The second-order valence-corrected chi connectivity index (χ2v) is 9.58. The van der Waals surface area contributed by atoms with Crippen molar-refractivity contribution in [1.29, 1.82) is 0 Å². The quantitative estimate of drug-likeness (QED) is 0.719. The molecular formula is C17H34O3. The maximum atomic E-state index is 10.7. The molecular weight excluding hydrogens is 252 g/mol. The lowest BCUT2D eigenvalue weighted by molar-refractivity contribution is -0.264. The molecule has 1 saturated heterocycles. The van der Waals surface area contributed by atoms with Gasteiger partial charge in [0.05, 0.1) is 18.3 Å². The summed E-state index contributed by atoms with van der Waals surface area (Å²) in [5.41, 5.74) is -0.406. The van der Waals surface area contributed by atoms with Gasteiger partial charge in [-0.15, -0.1) is 0 Å². The van der Waals surface area contributed by atoms with Crippen molar-refractivity contribution in [2.75, 3.05) is 0 Å². The van der Waals surface area contributed by atoms with Crippen LogP contribution in [0.2, 0.25) is 0 Å². The van der Waals surface area contributed by atoms with Gasteiger partial charge in [-0.25, -0.2) is 0 Å². The predicted molar refractivity (Wildman–Crippen MR) is 82.5 cm³/mol. The number of hydrogen-bond acceptors (Lipinski definition) is 3. The lowest BCUT2D eigenvalue weighted by atomic mass is 9.63. The van der Waals surface area contributed by atoms with E-state index in [0.29, 0.717) is 0 Å². The van der Waals surface area contributed by atoms with Crippen LogP contribution in [0, 0.1) is 22.2 Å². The van der Waals surface area contributed by atoms with Crippen LogP contribution in [0.25, 0.3) is 0 Å². The van der Waals surface area contributed by atoms with E-state index in [1.807, 2.05) is 20.8 Å². The van der Waals surface area contributed by atoms with Gasteiger partial charge in [0, 0.05) is 5.92 Å². The first kappa shape index (κ1) is 17.9. The van der Waals surface area contributed by atoms with Crippen LogP contribution in [0.15, 0.2) is 0 Å². The molecule has 1 heterocycles. The van der Waals surface area contributed by atoms with Gasteiger partial charge in [0.15, 0.2) is 0 Å². The molecule has 0 aromatic carbocycles. The molecule has 1 aliphatic rings. The average Bonchev–Trinajstić information content (AvgIpc) is 2.15. The normalized spacial score (nSPS) is 37.0. The second-order valence-electron chi connectivity index (χ2n) is 9.58. The van der Waals surface area contributed by atoms with Crippen LogP contribution in [0.5, 0.6) is 0 Å². The smallest absolute Gasteiger partial charge is 0.107 e. The Kier molecular flexibility index (Phi) is 4.71. The van der Waals surface area contributed by atoms with E-state index in [0.717, 1.165) is 0 Å². The summed E-state index contributed by atoms with van der Waals surface area (Å²) in [5.74, 6) is -0.0869. The third-order valence-electron chi connectivity index (χ3n) is 4.35. The molecule has 1 aliphatic heterocycles. The van der Waals surface area contributed by atoms with Gasteiger partial charge in [0.1, 0.15) is 6.10 Å². The maximum Gasteiger partial charge on any atom is 0.107 e. The van der Waals surface area contributed by atoms with Crippen LogP contribution in [-0.4, -0.2) is 34.6 Å². The lowest BCUT2D eigenvalue weighted by Gasteiger charge is -2.54. The molecule has 0 aromatic heterocycles. The fourth-order valence-corrected chi connectivity index (χ4v) is 3.32. The first-order valence-corrected chi connectivity index (χ1v) is 7.69. The molecule has 120 valence electrons. The molecule has 3 heteroatoms. The van der Waals surface area contributed by atoms with E-state index in [1.54, 1.807) is 0 Å². The van der Waals surface area contributed by atoms with E-state index >= 15 is 0 Å². The summed E-state index contributed by atoms with van der Waals surface area (Å²) in [6.07, 6.45) is -2.01. The highest BCUT2D eigenvalue weighted by molar-refractivity contribution is 5.02. The fraction of sp³-hybridized carbons (Fsp3) is 1.00. The summed E-state index contributed by atoms with van der Waals surface area (Å²) in [6, 6.07) is 0. The van der Waals surface area contributed by atoms with E-state index in [2.05, 4.69) is 41.5 Å². The largest absolute Gasteiger partial charge is 0.390 e. The Labute approximate surface area is 124 Å². The van der Waals surface area contributed by atoms with E-state index < -0.39 is 12.2 Å². The molecule has 0 amide bonds. The maximum absolute atomic E-state index is 10.7. The number of rotatable bonds is 0. The molecule has 0 aromatic rings. The van der Waals surface area contributed by atoms with Crippen molar-refractivity contribution in [3.63, 3.8) is 0 Å². The number of hydrogen-bond donors (Lipinski definition) is 2. The molecule has 2 N–H and O–H groups in total. The van der Waals surface area contributed by atoms with Gasteiger partial charge in [-0.2, -0.15) is 0 Å². The van der Waals surface area contributed by atoms with E-state index in [9.17, 15) is 10.2 Å². The van der Waals surface area contributed by atoms with E-state index in [4.69, 9.17) is 4.74 Å². The SMILES string of the molecule is CC(C)(C)C1O[C@@H](C(C)(C)C)C(O)[C@@H](O)[C@@H]1C(C)(C)C. The van der Waals surface area contributed by atoms with Crippen LogP contribution in [0.3, 0.4) is 0 Å². The Morgan fingerprint density at radius 3 is 1.30 bits per heavy atom. The third-order valence-corrected chi connectivity index (χ3v) is 4.35. The topological polar surface area (TPSA) is 49.7 Å². The summed E-state index contributed by atoms with van der Waals surface area (Å²) >= 11 is 0. The fourth-order valence-electron chi connectivity index (χ4n) is 3.32. The second kappa shape index (κ2) is 5.26. The van der Waals surface area contributed by atoms with Gasteiger partial charge in [0.25, 0.3) is 0 Å².